The normalized spacial score (nSPS) is 12.9. The van der Waals surface area contributed by atoms with Gasteiger partial charge >= 0.3 is 0 Å². The van der Waals surface area contributed by atoms with E-state index in [0.29, 0.717) is 11.5 Å². The third kappa shape index (κ3) is 5.15. The lowest BCUT2D eigenvalue weighted by molar-refractivity contribution is 0.0579. The summed E-state index contributed by atoms with van der Waals surface area (Å²) in [6.07, 6.45) is 0.916. The fraction of sp³-hybridized carbons (Fsp3) is 0.389. The minimum Gasteiger partial charge on any atom is -0.459 e. The second-order valence-electron chi connectivity index (χ2n) is 6.47. The Morgan fingerprint density at radius 1 is 1.26 bits per heavy atom. The average Bonchev–Trinajstić information content (AvgIpc) is 2.99. The summed E-state index contributed by atoms with van der Waals surface area (Å²) in [4.78, 5) is 13.4. The number of amides is 1. The second kappa shape index (κ2) is 7.70. The maximum Gasteiger partial charge on any atom is 0.287 e. The van der Waals surface area contributed by atoms with E-state index in [0.717, 1.165) is 10.5 Å². The molecule has 23 heavy (non-hydrogen) atoms. The molecule has 2 N–H and O–H groups in total. The Morgan fingerprint density at radius 2 is 1.96 bits per heavy atom. The number of aliphatic hydroxyl groups is 1. The van der Waals surface area contributed by atoms with Crippen molar-refractivity contribution in [1.29, 1.82) is 0 Å². The van der Waals surface area contributed by atoms with E-state index >= 15 is 0 Å². The van der Waals surface area contributed by atoms with E-state index in [1.54, 1.807) is 11.8 Å². The number of hydrogen-bond acceptors (Lipinski definition) is 4. The van der Waals surface area contributed by atoms with Gasteiger partial charge in [-0.1, -0.05) is 39.0 Å². The number of hydrogen-bond donors (Lipinski definition) is 2. The van der Waals surface area contributed by atoms with Crippen LogP contribution in [0.2, 0.25) is 0 Å². The van der Waals surface area contributed by atoms with Crippen molar-refractivity contribution in [2.24, 2.45) is 5.41 Å². The smallest absolute Gasteiger partial charge is 0.287 e. The van der Waals surface area contributed by atoms with Crippen LogP contribution in [0.1, 0.15) is 36.9 Å². The Hall–Kier alpha value is -1.72. The van der Waals surface area contributed by atoms with E-state index < -0.39 is 6.10 Å². The molecule has 4 nitrogen and oxygen atoms in total. The maximum atomic E-state index is 12.2. The van der Waals surface area contributed by atoms with Gasteiger partial charge < -0.3 is 14.8 Å². The highest BCUT2D eigenvalue weighted by molar-refractivity contribution is 7.98. The van der Waals surface area contributed by atoms with Gasteiger partial charge in [0.1, 0.15) is 0 Å². The lowest BCUT2D eigenvalue weighted by Gasteiger charge is -2.25. The van der Waals surface area contributed by atoms with Crippen LogP contribution in [0.25, 0.3) is 0 Å². The van der Waals surface area contributed by atoms with E-state index in [9.17, 15) is 9.90 Å². The minimum atomic E-state index is -0.608. The molecule has 2 rings (SSSR count). The molecule has 0 aliphatic rings. The number of carbonyl (C=O) groups excluding carboxylic acids is 1. The van der Waals surface area contributed by atoms with Crippen LogP contribution in [0.15, 0.2) is 52.0 Å². The molecule has 5 heteroatoms. The third-order valence-electron chi connectivity index (χ3n) is 3.55. The van der Waals surface area contributed by atoms with Crippen molar-refractivity contribution in [2.75, 3.05) is 6.54 Å². The zero-order chi connectivity index (χ0) is 16.9. The molecular weight excluding hydrogens is 310 g/mol. The quantitative estimate of drug-likeness (QED) is 0.791. The van der Waals surface area contributed by atoms with Crippen LogP contribution in [-0.2, 0) is 5.75 Å². The Bertz CT molecular complexity index is 631. The summed E-state index contributed by atoms with van der Waals surface area (Å²) >= 11 is 1.65. The molecule has 1 aromatic carbocycles. The van der Waals surface area contributed by atoms with E-state index in [-0.39, 0.29) is 17.9 Å². The zero-order valence-electron chi connectivity index (χ0n) is 13.7. The summed E-state index contributed by atoms with van der Waals surface area (Å²) < 4.78 is 5.33. The van der Waals surface area contributed by atoms with Gasteiger partial charge in [0.15, 0.2) is 5.76 Å². The number of benzene rings is 1. The molecule has 1 aromatic heterocycles. The monoisotopic (exact) mass is 333 g/mol. The summed E-state index contributed by atoms with van der Waals surface area (Å²) in [5.74, 6) is 0.682. The summed E-state index contributed by atoms with van der Waals surface area (Å²) in [7, 11) is 0. The van der Waals surface area contributed by atoms with Crippen LogP contribution in [0.3, 0.4) is 0 Å². The van der Waals surface area contributed by atoms with Crippen molar-refractivity contribution in [3.05, 3.63) is 54.0 Å². The highest BCUT2D eigenvalue weighted by atomic mass is 32.2. The SMILES string of the molecule is CC(C)(C)C(O)CNC(=O)c1occc1CSc1ccccc1. The van der Waals surface area contributed by atoms with Gasteiger partial charge in [0, 0.05) is 22.8 Å². The van der Waals surface area contributed by atoms with E-state index in [1.807, 2.05) is 57.2 Å². The topological polar surface area (TPSA) is 62.5 Å². The Morgan fingerprint density at radius 3 is 2.61 bits per heavy atom. The summed E-state index contributed by atoms with van der Waals surface area (Å²) in [6, 6.07) is 11.8. The van der Waals surface area contributed by atoms with Gasteiger partial charge in [-0.15, -0.1) is 11.8 Å². The van der Waals surface area contributed by atoms with Gasteiger partial charge in [0.05, 0.1) is 12.4 Å². The van der Waals surface area contributed by atoms with Gasteiger partial charge in [-0.05, 0) is 23.6 Å². The first-order valence-corrected chi connectivity index (χ1v) is 8.57. The van der Waals surface area contributed by atoms with Crippen LogP contribution in [0.5, 0.6) is 0 Å². The molecular formula is C18H23NO3S. The molecule has 0 spiro atoms. The first-order valence-electron chi connectivity index (χ1n) is 7.58. The van der Waals surface area contributed by atoms with Crippen molar-refractivity contribution < 1.29 is 14.3 Å². The number of furan rings is 1. The van der Waals surface area contributed by atoms with Gasteiger partial charge in [-0.2, -0.15) is 0 Å². The van der Waals surface area contributed by atoms with Gasteiger partial charge in [0.2, 0.25) is 0 Å². The van der Waals surface area contributed by atoms with Gasteiger partial charge in [0.25, 0.3) is 5.91 Å². The van der Waals surface area contributed by atoms with Gasteiger partial charge in [-0.25, -0.2) is 0 Å². The fourth-order valence-corrected chi connectivity index (χ4v) is 2.80. The summed E-state index contributed by atoms with van der Waals surface area (Å²) in [6.45, 7) is 5.99. The lowest BCUT2D eigenvalue weighted by Crippen LogP contribution is -2.39. The molecule has 1 amide bonds. The van der Waals surface area contributed by atoms with Gasteiger partial charge in [-0.3, -0.25) is 4.79 Å². The molecule has 0 radical (unpaired) electrons. The first-order chi connectivity index (χ1) is 10.9. The largest absolute Gasteiger partial charge is 0.459 e. The first kappa shape index (κ1) is 17.6. The molecule has 1 heterocycles. The molecule has 124 valence electrons. The van der Waals surface area contributed by atoms with E-state index in [2.05, 4.69) is 5.32 Å². The highest BCUT2D eigenvalue weighted by Gasteiger charge is 2.23. The summed E-state index contributed by atoms with van der Waals surface area (Å²) in [5, 5.41) is 12.7. The standard InChI is InChI=1S/C18H23NO3S/c1-18(2,3)15(20)11-19-17(21)16-13(9-10-22-16)12-23-14-7-5-4-6-8-14/h4-10,15,20H,11-12H2,1-3H3,(H,19,21). The fourth-order valence-electron chi connectivity index (χ4n) is 1.90. The third-order valence-corrected chi connectivity index (χ3v) is 4.61. The Balaban J connectivity index is 1.93. The van der Waals surface area contributed by atoms with Crippen LogP contribution in [0.4, 0.5) is 0 Å². The Kier molecular flexibility index (Phi) is 5.91. The van der Waals surface area contributed by atoms with Crippen molar-refractivity contribution >= 4 is 17.7 Å². The lowest BCUT2D eigenvalue weighted by atomic mass is 9.89. The molecule has 0 aliphatic carbocycles. The van der Waals surface area contributed by atoms with Crippen molar-refractivity contribution in [3.8, 4) is 0 Å². The summed E-state index contributed by atoms with van der Waals surface area (Å²) in [5.41, 5.74) is 0.573. The highest BCUT2D eigenvalue weighted by Crippen LogP contribution is 2.25. The Labute approximate surface area is 141 Å². The number of nitrogens with one attached hydrogen (secondary N) is 1. The number of carbonyl (C=O) groups is 1. The molecule has 0 bridgehead atoms. The molecule has 1 atom stereocenters. The predicted octanol–water partition coefficient (Wildman–Crippen LogP) is 3.71. The van der Waals surface area contributed by atoms with Crippen LogP contribution < -0.4 is 5.32 Å². The number of aliphatic hydroxyl groups excluding tert-OH is 1. The van der Waals surface area contributed by atoms with Crippen LogP contribution >= 0.6 is 11.8 Å². The molecule has 0 aliphatic heterocycles. The second-order valence-corrected chi connectivity index (χ2v) is 7.52. The van der Waals surface area contributed by atoms with E-state index in [4.69, 9.17) is 4.42 Å². The molecule has 2 aromatic rings. The van der Waals surface area contributed by atoms with Crippen LogP contribution in [0, 0.1) is 5.41 Å². The molecule has 0 saturated carbocycles. The zero-order valence-corrected chi connectivity index (χ0v) is 14.5. The number of thioether (sulfide) groups is 1. The molecule has 1 unspecified atom stereocenters. The minimum absolute atomic E-state index is 0.203. The maximum absolute atomic E-state index is 12.2. The number of rotatable bonds is 6. The van der Waals surface area contributed by atoms with E-state index in [1.165, 1.54) is 6.26 Å². The van der Waals surface area contributed by atoms with Crippen LogP contribution in [-0.4, -0.2) is 23.7 Å². The predicted molar refractivity (Wildman–Crippen MR) is 92.5 cm³/mol. The van der Waals surface area contributed by atoms with Crippen molar-refractivity contribution in [2.45, 2.75) is 37.5 Å². The average molecular weight is 333 g/mol. The van der Waals surface area contributed by atoms with Crippen molar-refractivity contribution in [1.82, 2.24) is 5.32 Å². The van der Waals surface area contributed by atoms with Crippen molar-refractivity contribution in [3.63, 3.8) is 0 Å². The molecule has 0 saturated heterocycles. The molecule has 0 fully saturated rings.